The largest absolute Gasteiger partial charge is 0.496 e. The van der Waals surface area contributed by atoms with Crippen LogP contribution in [-0.4, -0.2) is 130 Å². The maximum absolute atomic E-state index is 12.8. The number of esters is 2. The summed E-state index contributed by atoms with van der Waals surface area (Å²) in [7, 11) is 12.5. The molecule has 15 nitrogen and oxygen atoms in total. The number of aliphatic hydroxyl groups is 4. The van der Waals surface area contributed by atoms with Crippen LogP contribution in [0.2, 0.25) is 0 Å². The Morgan fingerprint density at radius 3 is 1.68 bits per heavy atom. The number of hydrogen-bond donors (Lipinski definition) is 4. The van der Waals surface area contributed by atoms with E-state index in [0.717, 1.165) is 66.9 Å². The van der Waals surface area contributed by atoms with Crippen molar-refractivity contribution in [1.29, 1.82) is 0 Å². The lowest BCUT2D eigenvalue weighted by atomic mass is 9.82. The maximum atomic E-state index is 12.8. The van der Waals surface area contributed by atoms with E-state index in [4.69, 9.17) is 33.2 Å². The van der Waals surface area contributed by atoms with Gasteiger partial charge in [-0.15, -0.1) is 0 Å². The van der Waals surface area contributed by atoms with E-state index in [9.17, 15) is 30.0 Å². The van der Waals surface area contributed by atoms with Gasteiger partial charge in [0.15, 0.2) is 23.0 Å². The van der Waals surface area contributed by atoms with Crippen molar-refractivity contribution < 1.29 is 72.1 Å². The molecule has 4 unspecified atom stereocenters. The molecule has 0 spiro atoms. The van der Waals surface area contributed by atoms with Crippen LogP contribution in [0.1, 0.15) is 80.6 Å². The lowest BCUT2D eigenvalue weighted by Crippen LogP contribution is -2.53. The molecule has 0 aliphatic carbocycles. The number of rotatable bonds is 23. The van der Waals surface area contributed by atoms with Crippen molar-refractivity contribution in [3.63, 3.8) is 0 Å². The highest BCUT2D eigenvalue weighted by molar-refractivity contribution is 5.91. The lowest BCUT2D eigenvalue weighted by Gasteiger charge is -2.46. The third-order valence-corrected chi connectivity index (χ3v) is 14.1. The Kier molecular flexibility index (Phi) is 17.9. The molecule has 0 aromatic heterocycles. The monoisotopic (exact) mass is 942 g/mol. The topological polar surface area (TPSA) is 180 Å². The molecule has 0 radical (unpaired) electrons. The Hall–Kier alpha value is -5.68. The second kappa shape index (κ2) is 23.6. The second-order valence-electron chi connectivity index (χ2n) is 18.1. The Labute approximate surface area is 400 Å². The molecular formula is C53H70N2O13+2. The molecule has 0 saturated carbocycles. The summed E-state index contributed by atoms with van der Waals surface area (Å²) in [5.41, 5.74) is 8.90. The van der Waals surface area contributed by atoms with Gasteiger partial charge in [-0.25, -0.2) is 9.59 Å². The van der Waals surface area contributed by atoms with Crippen molar-refractivity contribution in [1.82, 2.24) is 0 Å². The van der Waals surface area contributed by atoms with Crippen LogP contribution in [0.25, 0.3) is 0 Å². The first-order valence-electron chi connectivity index (χ1n) is 23.2. The van der Waals surface area contributed by atoms with Gasteiger partial charge in [0.1, 0.15) is 17.8 Å². The minimum Gasteiger partial charge on any atom is -0.496 e. The third kappa shape index (κ3) is 11.6. The van der Waals surface area contributed by atoms with E-state index in [2.05, 4.69) is 32.3 Å². The zero-order valence-electron chi connectivity index (χ0n) is 40.7. The standard InChI is InChI=1S/C53H70N2O13/c1-54(20-16-37-29-48(64-5)49(65-6)30-42(37)44(54)25-36-11-13-46(62-3)47(27-36)63-4)18-8-22-67-50(60)14-15-51(61)68-23-9-19-55(2)21-17-38-28-41(33-58)43(34-59)53(66-7)52(38)45(55)26-35-10-12-39(31-56)40(24-35)32-57/h10-15,24,27-30,44-45,56-59H,8-9,16-23,25-26,31-34H2,1-7H3/q+2. The van der Waals surface area contributed by atoms with Crippen LogP contribution in [0, 0.1) is 0 Å². The SMILES string of the molecule is COc1ccc(CC2c3cc(OC)c(OC)cc3CC[N+]2(C)CCCOC(=O)C=CC(=O)OCCC[N+]2(C)CCc3cc(CO)c(CO)c(OC)c3C2Cc2ccc(CO)c(CO)c2)cc1OC. The molecule has 2 aliphatic heterocycles. The molecule has 2 heterocycles. The smallest absolute Gasteiger partial charge is 0.331 e. The van der Waals surface area contributed by atoms with E-state index in [0.29, 0.717) is 92.2 Å². The fourth-order valence-electron chi connectivity index (χ4n) is 10.3. The zero-order valence-corrected chi connectivity index (χ0v) is 40.7. The molecule has 2 aliphatic rings. The average molecular weight is 943 g/mol. The van der Waals surface area contributed by atoms with Crippen LogP contribution < -0.4 is 23.7 Å². The maximum Gasteiger partial charge on any atom is 0.331 e. The molecule has 68 heavy (non-hydrogen) atoms. The van der Waals surface area contributed by atoms with Crippen molar-refractivity contribution in [2.75, 3.05) is 89.0 Å². The molecule has 4 N–H and O–H groups in total. The molecule has 0 bridgehead atoms. The molecule has 0 saturated heterocycles. The minimum absolute atomic E-state index is 0.0510. The van der Waals surface area contributed by atoms with E-state index >= 15 is 0 Å². The van der Waals surface area contributed by atoms with Crippen molar-refractivity contribution in [3.05, 3.63) is 122 Å². The van der Waals surface area contributed by atoms with Gasteiger partial charge in [-0.2, -0.15) is 0 Å². The summed E-state index contributed by atoms with van der Waals surface area (Å²) in [4.78, 5) is 25.7. The number of methoxy groups -OCH3 is 5. The van der Waals surface area contributed by atoms with Crippen LogP contribution in [0.3, 0.4) is 0 Å². The fraction of sp³-hybridized carbons (Fsp3) is 0.472. The zero-order chi connectivity index (χ0) is 49.0. The Morgan fingerprint density at radius 1 is 0.574 bits per heavy atom. The second-order valence-corrected chi connectivity index (χ2v) is 18.1. The number of fused-ring (bicyclic) bond motifs is 2. The van der Waals surface area contributed by atoms with Crippen molar-refractivity contribution >= 4 is 11.9 Å². The van der Waals surface area contributed by atoms with Crippen molar-refractivity contribution in [3.8, 4) is 28.7 Å². The van der Waals surface area contributed by atoms with Gasteiger partial charge in [0.05, 0.1) is 121 Å². The number of ether oxygens (including phenoxy) is 7. The summed E-state index contributed by atoms with van der Waals surface area (Å²) in [6, 6.07) is 17.7. The number of aliphatic hydroxyl groups excluding tert-OH is 4. The summed E-state index contributed by atoms with van der Waals surface area (Å²) in [5, 5.41) is 40.4. The lowest BCUT2D eigenvalue weighted by molar-refractivity contribution is -0.941. The number of hydrogen-bond acceptors (Lipinski definition) is 13. The molecule has 0 fully saturated rings. The summed E-state index contributed by atoms with van der Waals surface area (Å²) in [6.07, 6.45) is 6.14. The first kappa shape index (κ1) is 51.7. The number of quaternary nitrogens is 2. The van der Waals surface area contributed by atoms with Crippen LogP contribution in [0.15, 0.2) is 66.7 Å². The van der Waals surface area contributed by atoms with Crippen LogP contribution in [-0.2, 0) is 71.2 Å². The van der Waals surface area contributed by atoms with E-state index in [1.807, 2.05) is 36.4 Å². The highest BCUT2D eigenvalue weighted by Crippen LogP contribution is 2.46. The van der Waals surface area contributed by atoms with E-state index in [-0.39, 0.29) is 51.7 Å². The van der Waals surface area contributed by atoms with Gasteiger partial charge in [-0.05, 0) is 63.2 Å². The molecule has 0 amide bonds. The Morgan fingerprint density at radius 2 is 1.10 bits per heavy atom. The van der Waals surface area contributed by atoms with Crippen molar-refractivity contribution in [2.45, 2.75) is 77.0 Å². The summed E-state index contributed by atoms with van der Waals surface area (Å²) >= 11 is 0. The summed E-state index contributed by atoms with van der Waals surface area (Å²) in [5.74, 6) is 1.96. The molecule has 15 heteroatoms. The van der Waals surface area contributed by atoms with Crippen LogP contribution in [0.4, 0.5) is 0 Å². The van der Waals surface area contributed by atoms with E-state index in [1.54, 1.807) is 35.5 Å². The van der Waals surface area contributed by atoms with Gasteiger partial charge in [0.2, 0.25) is 0 Å². The normalized spacial score (nSPS) is 19.8. The first-order valence-corrected chi connectivity index (χ1v) is 23.2. The number of likely N-dealkylation sites (N-methyl/N-ethyl adjacent to an activating group) is 2. The summed E-state index contributed by atoms with van der Waals surface area (Å²) in [6.45, 7) is 2.34. The number of carbonyl (C=O) groups is 2. The Bertz CT molecular complexity index is 2420. The molecule has 4 aromatic carbocycles. The van der Waals surface area contributed by atoms with Gasteiger partial charge >= 0.3 is 11.9 Å². The highest BCUT2D eigenvalue weighted by Gasteiger charge is 2.43. The molecular weight excluding hydrogens is 873 g/mol. The van der Waals surface area contributed by atoms with Gasteiger partial charge in [0, 0.05) is 61.8 Å². The Balaban J connectivity index is 1.06. The van der Waals surface area contributed by atoms with Gasteiger partial charge in [-0.3, -0.25) is 0 Å². The van der Waals surface area contributed by atoms with Gasteiger partial charge in [0.25, 0.3) is 0 Å². The predicted octanol–water partition coefficient (Wildman–Crippen LogP) is 5.39. The predicted molar refractivity (Wildman–Crippen MR) is 255 cm³/mol. The van der Waals surface area contributed by atoms with Crippen molar-refractivity contribution in [2.24, 2.45) is 0 Å². The fourth-order valence-corrected chi connectivity index (χ4v) is 10.3. The van der Waals surface area contributed by atoms with Gasteiger partial charge in [-0.1, -0.05) is 30.3 Å². The molecule has 4 aromatic rings. The van der Waals surface area contributed by atoms with Gasteiger partial charge < -0.3 is 62.6 Å². The quantitative estimate of drug-likeness (QED) is 0.0322. The van der Waals surface area contributed by atoms with Crippen LogP contribution in [0.5, 0.6) is 28.7 Å². The van der Waals surface area contributed by atoms with Crippen LogP contribution >= 0.6 is 0 Å². The molecule has 4 atom stereocenters. The molecule has 368 valence electrons. The average Bonchev–Trinajstić information content (AvgIpc) is 3.36. The minimum atomic E-state index is -0.647. The third-order valence-electron chi connectivity index (χ3n) is 14.1. The summed E-state index contributed by atoms with van der Waals surface area (Å²) < 4.78 is 40.9. The number of carbonyl (C=O) groups excluding carboxylic acids is 2. The number of nitrogens with zero attached hydrogens (tertiary/aromatic N) is 2. The van der Waals surface area contributed by atoms with E-state index < -0.39 is 11.9 Å². The number of benzene rings is 4. The first-order chi connectivity index (χ1) is 32.8. The van der Waals surface area contributed by atoms with E-state index in [1.165, 1.54) is 11.1 Å². The highest BCUT2D eigenvalue weighted by atomic mass is 16.5. The molecule has 6 rings (SSSR count).